The molecule has 0 aliphatic rings. The summed E-state index contributed by atoms with van der Waals surface area (Å²) in [5.41, 5.74) is 7.75. The Morgan fingerprint density at radius 2 is 1.38 bits per heavy atom. The highest BCUT2D eigenvalue weighted by molar-refractivity contribution is 5.92. The Hall–Kier alpha value is -3.23. The van der Waals surface area contributed by atoms with Gasteiger partial charge in [0.25, 0.3) is 0 Å². The molecule has 0 fully saturated rings. The average Bonchev–Trinajstić information content (AvgIpc) is 2.82. The fraction of sp³-hybridized carbons (Fsp3) is 0.423. The number of amides is 2. The third kappa shape index (κ3) is 9.72. The summed E-state index contributed by atoms with van der Waals surface area (Å²) in [6.45, 7) is 5.75. The van der Waals surface area contributed by atoms with Crippen molar-refractivity contribution < 1.29 is 23.9 Å². The third-order valence-corrected chi connectivity index (χ3v) is 5.03. The monoisotopic (exact) mass is 469 g/mol. The number of carbonyl (C=O) groups excluding carboxylic acids is 3. The van der Waals surface area contributed by atoms with E-state index in [-0.39, 0.29) is 25.7 Å². The van der Waals surface area contributed by atoms with Crippen molar-refractivity contribution in [3.8, 4) is 0 Å². The summed E-state index contributed by atoms with van der Waals surface area (Å²) < 4.78 is 11.0. The number of rotatable bonds is 13. The standard InChI is InChI=1S/C26H35N3O5/c1-18(2)14-22(27)24(30)29-23(17-33-15-20-10-6-4-7-11-20)25(31)28-19(3)26(32)34-16-21-12-8-5-9-13-21/h4-13,18-19,22-23H,14-17,27H2,1-3H3,(H,28,31)(H,29,30). The lowest BCUT2D eigenvalue weighted by molar-refractivity contribution is -0.149. The molecule has 2 rings (SSSR count). The van der Waals surface area contributed by atoms with Crippen LogP contribution in [0.3, 0.4) is 0 Å². The van der Waals surface area contributed by atoms with E-state index < -0.39 is 35.9 Å². The molecule has 34 heavy (non-hydrogen) atoms. The van der Waals surface area contributed by atoms with E-state index in [1.807, 2.05) is 74.5 Å². The summed E-state index contributed by atoms with van der Waals surface area (Å²) >= 11 is 0. The van der Waals surface area contributed by atoms with Crippen molar-refractivity contribution in [2.75, 3.05) is 6.61 Å². The van der Waals surface area contributed by atoms with E-state index in [2.05, 4.69) is 10.6 Å². The number of carbonyl (C=O) groups is 3. The quantitative estimate of drug-likeness (QED) is 0.387. The van der Waals surface area contributed by atoms with Crippen LogP contribution in [0, 0.1) is 5.92 Å². The minimum absolute atomic E-state index is 0.0767. The van der Waals surface area contributed by atoms with Gasteiger partial charge < -0.3 is 25.8 Å². The van der Waals surface area contributed by atoms with E-state index in [1.165, 1.54) is 6.92 Å². The van der Waals surface area contributed by atoms with E-state index in [1.54, 1.807) is 0 Å². The highest BCUT2D eigenvalue weighted by Crippen LogP contribution is 2.06. The number of benzene rings is 2. The minimum Gasteiger partial charge on any atom is -0.459 e. The highest BCUT2D eigenvalue weighted by Gasteiger charge is 2.27. The molecule has 3 unspecified atom stereocenters. The minimum atomic E-state index is -1.02. The van der Waals surface area contributed by atoms with Crippen LogP contribution in [0.2, 0.25) is 0 Å². The molecule has 3 atom stereocenters. The van der Waals surface area contributed by atoms with Gasteiger partial charge in [-0.2, -0.15) is 0 Å². The number of nitrogens with two attached hydrogens (primary N) is 1. The van der Waals surface area contributed by atoms with Crippen LogP contribution in [0.5, 0.6) is 0 Å². The van der Waals surface area contributed by atoms with Crippen molar-refractivity contribution in [2.45, 2.75) is 58.5 Å². The van der Waals surface area contributed by atoms with Gasteiger partial charge in [0.1, 0.15) is 18.7 Å². The molecule has 2 aromatic rings. The molecule has 0 aromatic heterocycles. The van der Waals surface area contributed by atoms with Crippen molar-refractivity contribution in [3.05, 3.63) is 71.8 Å². The maximum absolute atomic E-state index is 12.9. The van der Waals surface area contributed by atoms with Gasteiger partial charge in [0.2, 0.25) is 11.8 Å². The lowest BCUT2D eigenvalue weighted by Crippen LogP contribution is -2.55. The first-order valence-corrected chi connectivity index (χ1v) is 11.4. The van der Waals surface area contributed by atoms with Crippen molar-refractivity contribution in [3.63, 3.8) is 0 Å². The molecule has 8 heteroatoms. The summed E-state index contributed by atoms with van der Waals surface area (Å²) in [7, 11) is 0. The Morgan fingerprint density at radius 1 is 0.824 bits per heavy atom. The fourth-order valence-corrected chi connectivity index (χ4v) is 3.17. The van der Waals surface area contributed by atoms with Gasteiger partial charge in [-0.15, -0.1) is 0 Å². The predicted molar refractivity (Wildman–Crippen MR) is 129 cm³/mol. The summed E-state index contributed by atoms with van der Waals surface area (Å²) in [4.78, 5) is 37.8. The molecule has 0 radical (unpaired) electrons. The van der Waals surface area contributed by atoms with Gasteiger partial charge in [0.15, 0.2) is 0 Å². The molecular weight excluding hydrogens is 434 g/mol. The number of ether oxygens (including phenoxy) is 2. The van der Waals surface area contributed by atoms with Crippen molar-refractivity contribution >= 4 is 17.8 Å². The molecule has 2 aromatic carbocycles. The van der Waals surface area contributed by atoms with Crippen LogP contribution < -0.4 is 16.4 Å². The smallest absolute Gasteiger partial charge is 0.328 e. The second kappa shape index (κ2) is 14.1. The molecular formula is C26H35N3O5. The fourth-order valence-electron chi connectivity index (χ4n) is 3.17. The molecule has 0 spiro atoms. The molecule has 184 valence electrons. The zero-order valence-electron chi connectivity index (χ0n) is 20.0. The highest BCUT2D eigenvalue weighted by atomic mass is 16.5. The van der Waals surface area contributed by atoms with Gasteiger partial charge in [-0.3, -0.25) is 9.59 Å². The maximum Gasteiger partial charge on any atom is 0.328 e. The van der Waals surface area contributed by atoms with Gasteiger partial charge in [-0.05, 0) is 30.4 Å². The van der Waals surface area contributed by atoms with Gasteiger partial charge in [-0.1, -0.05) is 74.5 Å². The van der Waals surface area contributed by atoms with Crippen LogP contribution >= 0.6 is 0 Å². The summed E-state index contributed by atoms with van der Waals surface area (Å²) in [6, 6.07) is 16.0. The van der Waals surface area contributed by atoms with Gasteiger partial charge in [-0.25, -0.2) is 4.79 Å². The van der Waals surface area contributed by atoms with Crippen LogP contribution in [0.15, 0.2) is 60.7 Å². The second-order valence-electron chi connectivity index (χ2n) is 8.62. The molecule has 0 aliphatic heterocycles. The second-order valence-corrected chi connectivity index (χ2v) is 8.62. The molecule has 8 nitrogen and oxygen atoms in total. The van der Waals surface area contributed by atoms with Gasteiger partial charge in [0.05, 0.1) is 19.3 Å². The lowest BCUT2D eigenvalue weighted by Gasteiger charge is -2.23. The van der Waals surface area contributed by atoms with Crippen molar-refractivity contribution in [2.24, 2.45) is 11.7 Å². The first kappa shape index (κ1) is 27.0. The normalized spacial score (nSPS) is 13.6. The zero-order valence-corrected chi connectivity index (χ0v) is 20.0. The van der Waals surface area contributed by atoms with E-state index in [0.717, 1.165) is 11.1 Å². The van der Waals surface area contributed by atoms with Crippen molar-refractivity contribution in [1.29, 1.82) is 0 Å². The lowest BCUT2D eigenvalue weighted by atomic mass is 10.0. The molecule has 0 bridgehead atoms. The number of hydrogen-bond acceptors (Lipinski definition) is 6. The largest absolute Gasteiger partial charge is 0.459 e. The Morgan fingerprint density at radius 3 is 1.94 bits per heavy atom. The van der Waals surface area contributed by atoms with Crippen LogP contribution in [0.25, 0.3) is 0 Å². The zero-order chi connectivity index (χ0) is 24.9. The molecule has 2 amide bonds. The van der Waals surface area contributed by atoms with E-state index >= 15 is 0 Å². The maximum atomic E-state index is 12.9. The summed E-state index contributed by atoms with van der Waals surface area (Å²) in [6.07, 6.45) is 0.479. The topological polar surface area (TPSA) is 120 Å². The Labute approximate surface area is 201 Å². The average molecular weight is 470 g/mol. The number of esters is 1. The molecule has 0 saturated carbocycles. The van der Waals surface area contributed by atoms with E-state index in [9.17, 15) is 14.4 Å². The van der Waals surface area contributed by atoms with Crippen molar-refractivity contribution in [1.82, 2.24) is 10.6 Å². The predicted octanol–water partition coefficient (Wildman–Crippen LogP) is 2.31. The van der Waals surface area contributed by atoms with Crippen LogP contribution in [0.1, 0.15) is 38.3 Å². The Balaban J connectivity index is 1.95. The first-order valence-electron chi connectivity index (χ1n) is 11.4. The Kier molecular flexibility index (Phi) is 11.2. The number of hydrogen-bond donors (Lipinski definition) is 3. The summed E-state index contributed by atoms with van der Waals surface area (Å²) in [5, 5.41) is 5.26. The third-order valence-electron chi connectivity index (χ3n) is 5.03. The van der Waals surface area contributed by atoms with Gasteiger partial charge in [0, 0.05) is 0 Å². The van der Waals surface area contributed by atoms with E-state index in [4.69, 9.17) is 15.2 Å². The number of nitrogens with one attached hydrogen (secondary N) is 2. The van der Waals surface area contributed by atoms with E-state index in [0.29, 0.717) is 6.42 Å². The van der Waals surface area contributed by atoms with Crippen LogP contribution in [-0.2, 0) is 37.1 Å². The SMILES string of the molecule is CC(C)CC(N)C(=O)NC(COCc1ccccc1)C(=O)NC(C)C(=O)OCc1ccccc1. The first-order chi connectivity index (χ1) is 16.3. The molecule has 0 aliphatic carbocycles. The van der Waals surface area contributed by atoms with Crippen LogP contribution in [-0.4, -0.2) is 42.5 Å². The summed E-state index contributed by atoms with van der Waals surface area (Å²) in [5.74, 6) is -1.36. The molecule has 4 N–H and O–H groups in total. The van der Waals surface area contributed by atoms with Crippen LogP contribution in [0.4, 0.5) is 0 Å². The molecule has 0 heterocycles. The molecule has 0 saturated heterocycles. The Bertz CT molecular complexity index is 905. The van der Waals surface area contributed by atoms with Gasteiger partial charge >= 0.3 is 5.97 Å².